The van der Waals surface area contributed by atoms with E-state index >= 15 is 0 Å². The molecular weight excluding hydrogens is 465 g/mol. The van der Waals surface area contributed by atoms with Crippen LogP contribution in [0.4, 0.5) is 0 Å². The first-order valence-electron chi connectivity index (χ1n) is 10.4. The summed E-state index contributed by atoms with van der Waals surface area (Å²) in [5.41, 5.74) is -0.0187. The third kappa shape index (κ3) is 8.68. The van der Waals surface area contributed by atoms with Gasteiger partial charge in [0.2, 0.25) is 5.89 Å². The van der Waals surface area contributed by atoms with Crippen molar-refractivity contribution in [2.24, 2.45) is 16.8 Å². The van der Waals surface area contributed by atoms with Gasteiger partial charge in [0.1, 0.15) is 5.76 Å². The summed E-state index contributed by atoms with van der Waals surface area (Å²) in [6.07, 6.45) is 5.56. The number of aliphatic imine (C=N–C) groups is 1. The average Bonchev–Trinajstić information content (AvgIpc) is 3.06. The fraction of sp³-hybridized carbons (Fsp3) is 0.810. The van der Waals surface area contributed by atoms with Crippen molar-refractivity contribution in [3.8, 4) is 0 Å². The molecule has 2 N–H and O–H groups in total. The predicted octanol–water partition coefficient (Wildman–Crippen LogP) is 4.01. The minimum absolute atomic E-state index is 0. The molecule has 1 aliphatic heterocycles. The maximum atomic E-state index is 5.81. The average molecular weight is 505 g/mol. The molecule has 1 saturated heterocycles. The quantitative estimate of drug-likeness (QED) is 0.254. The van der Waals surface area contributed by atoms with Crippen molar-refractivity contribution in [3.05, 3.63) is 17.8 Å². The maximum absolute atomic E-state index is 5.81. The Labute approximate surface area is 188 Å². The Hall–Kier alpha value is -0.830. The number of piperidine rings is 1. The lowest BCUT2D eigenvalue weighted by Gasteiger charge is -2.34. The zero-order valence-corrected chi connectivity index (χ0v) is 20.9. The molecule has 1 fully saturated rings. The molecule has 0 aliphatic carbocycles. The van der Waals surface area contributed by atoms with E-state index in [0.717, 1.165) is 36.5 Å². The summed E-state index contributed by atoms with van der Waals surface area (Å²) in [6, 6.07) is 0. The van der Waals surface area contributed by atoms with Gasteiger partial charge in [-0.05, 0) is 37.6 Å². The first-order chi connectivity index (χ1) is 12.8. The van der Waals surface area contributed by atoms with Crippen molar-refractivity contribution >= 4 is 29.9 Å². The van der Waals surface area contributed by atoms with E-state index in [1.165, 1.54) is 32.5 Å². The molecule has 2 heterocycles. The fourth-order valence-electron chi connectivity index (χ4n) is 3.76. The van der Waals surface area contributed by atoms with Crippen LogP contribution in [0.5, 0.6) is 0 Å². The van der Waals surface area contributed by atoms with Gasteiger partial charge >= 0.3 is 0 Å². The summed E-state index contributed by atoms with van der Waals surface area (Å²) in [5.74, 6) is 4.07. The Morgan fingerprint density at radius 3 is 2.46 bits per heavy atom. The van der Waals surface area contributed by atoms with E-state index < -0.39 is 0 Å². The van der Waals surface area contributed by atoms with Gasteiger partial charge in [-0.15, -0.1) is 24.0 Å². The van der Waals surface area contributed by atoms with Gasteiger partial charge in [-0.25, -0.2) is 4.98 Å². The number of rotatable bonds is 7. The van der Waals surface area contributed by atoms with Crippen LogP contribution in [-0.4, -0.2) is 49.1 Å². The summed E-state index contributed by atoms with van der Waals surface area (Å²) in [5, 5.41) is 6.66. The SMILES string of the molecule is CN=C(NCCCCN1CC(C)CC(C)C1)NCc1ncc(C(C)(C)C)o1.I. The molecule has 0 aromatic carbocycles. The van der Waals surface area contributed by atoms with Gasteiger partial charge < -0.3 is 20.0 Å². The molecule has 0 saturated carbocycles. The van der Waals surface area contributed by atoms with Crippen molar-refractivity contribution in [2.75, 3.05) is 33.2 Å². The van der Waals surface area contributed by atoms with Gasteiger partial charge in [-0.3, -0.25) is 4.99 Å². The summed E-state index contributed by atoms with van der Waals surface area (Å²) < 4.78 is 5.81. The van der Waals surface area contributed by atoms with Crippen LogP contribution in [0.3, 0.4) is 0 Å². The lowest BCUT2D eigenvalue weighted by atomic mass is 9.92. The monoisotopic (exact) mass is 505 g/mol. The summed E-state index contributed by atoms with van der Waals surface area (Å²) in [7, 11) is 1.79. The van der Waals surface area contributed by atoms with Crippen LogP contribution in [0.1, 0.15) is 65.5 Å². The molecule has 1 aromatic heterocycles. The van der Waals surface area contributed by atoms with Crippen LogP contribution in [-0.2, 0) is 12.0 Å². The first kappa shape index (κ1) is 25.2. The Balaban J connectivity index is 0.00000392. The van der Waals surface area contributed by atoms with Gasteiger partial charge in [-0.2, -0.15) is 0 Å². The van der Waals surface area contributed by atoms with E-state index in [-0.39, 0.29) is 29.4 Å². The van der Waals surface area contributed by atoms with Gasteiger partial charge in [0, 0.05) is 32.1 Å². The lowest BCUT2D eigenvalue weighted by Crippen LogP contribution is -2.40. The molecule has 2 rings (SSSR count). The number of unbranched alkanes of at least 4 members (excludes halogenated alkanes) is 1. The second-order valence-corrected chi connectivity index (χ2v) is 9.13. The van der Waals surface area contributed by atoms with Crippen LogP contribution in [0.2, 0.25) is 0 Å². The predicted molar refractivity (Wildman–Crippen MR) is 127 cm³/mol. The second-order valence-electron chi connectivity index (χ2n) is 9.13. The number of likely N-dealkylation sites (tertiary alicyclic amines) is 1. The maximum Gasteiger partial charge on any atom is 0.213 e. The molecule has 2 atom stereocenters. The third-order valence-corrected chi connectivity index (χ3v) is 5.06. The molecule has 7 heteroatoms. The van der Waals surface area contributed by atoms with Crippen LogP contribution in [0.15, 0.2) is 15.6 Å². The van der Waals surface area contributed by atoms with Crippen LogP contribution in [0, 0.1) is 11.8 Å². The highest BCUT2D eigenvalue weighted by Gasteiger charge is 2.21. The second kappa shape index (κ2) is 12.0. The van der Waals surface area contributed by atoms with Crippen molar-refractivity contribution in [1.29, 1.82) is 0 Å². The Bertz CT molecular complexity index is 586. The fourth-order valence-corrected chi connectivity index (χ4v) is 3.76. The van der Waals surface area contributed by atoms with Crippen molar-refractivity contribution in [1.82, 2.24) is 20.5 Å². The molecule has 162 valence electrons. The van der Waals surface area contributed by atoms with E-state index in [9.17, 15) is 0 Å². The van der Waals surface area contributed by atoms with Gasteiger partial charge in [-0.1, -0.05) is 34.6 Å². The molecule has 0 spiro atoms. The standard InChI is InChI=1S/C21H39N5O.HI/c1-16-11-17(2)15-26(14-16)10-8-7-9-23-20(22-6)25-13-19-24-12-18(27-19)21(3,4)5;/h12,16-17H,7-11,13-15H2,1-6H3,(H2,22,23,25);1H. The van der Waals surface area contributed by atoms with Gasteiger partial charge in [0.05, 0.1) is 12.7 Å². The van der Waals surface area contributed by atoms with E-state index in [2.05, 4.69) is 60.1 Å². The van der Waals surface area contributed by atoms with Crippen molar-refractivity contribution < 1.29 is 4.42 Å². The molecule has 1 aromatic rings. The molecular formula is C21H40IN5O. The van der Waals surface area contributed by atoms with E-state index in [4.69, 9.17) is 4.42 Å². The highest BCUT2D eigenvalue weighted by atomic mass is 127. The number of hydrogen-bond donors (Lipinski definition) is 2. The zero-order valence-electron chi connectivity index (χ0n) is 18.5. The summed E-state index contributed by atoms with van der Waals surface area (Å²) in [6.45, 7) is 16.3. The van der Waals surface area contributed by atoms with Gasteiger partial charge in [0.15, 0.2) is 5.96 Å². The topological polar surface area (TPSA) is 65.7 Å². The summed E-state index contributed by atoms with van der Waals surface area (Å²) >= 11 is 0. The number of halogens is 1. The number of nitrogens with zero attached hydrogens (tertiary/aromatic N) is 3. The van der Waals surface area contributed by atoms with E-state index in [0.29, 0.717) is 12.4 Å². The minimum atomic E-state index is -0.0187. The number of guanidine groups is 1. The molecule has 1 aliphatic rings. The number of aromatic nitrogens is 1. The Morgan fingerprint density at radius 2 is 1.89 bits per heavy atom. The highest BCUT2D eigenvalue weighted by Crippen LogP contribution is 2.22. The number of nitrogens with one attached hydrogen (secondary N) is 2. The minimum Gasteiger partial charge on any atom is -0.443 e. The van der Waals surface area contributed by atoms with Crippen LogP contribution in [0.25, 0.3) is 0 Å². The van der Waals surface area contributed by atoms with Crippen LogP contribution < -0.4 is 10.6 Å². The molecule has 2 unspecified atom stereocenters. The molecule has 0 bridgehead atoms. The van der Waals surface area contributed by atoms with E-state index in [1.807, 2.05) is 6.20 Å². The number of oxazole rings is 1. The normalized spacial score (nSPS) is 21.3. The highest BCUT2D eigenvalue weighted by molar-refractivity contribution is 14.0. The number of hydrogen-bond acceptors (Lipinski definition) is 4. The molecule has 28 heavy (non-hydrogen) atoms. The molecule has 0 amide bonds. The zero-order chi connectivity index (χ0) is 19.9. The first-order valence-corrected chi connectivity index (χ1v) is 10.4. The van der Waals surface area contributed by atoms with Crippen molar-refractivity contribution in [3.63, 3.8) is 0 Å². The molecule has 6 nitrogen and oxygen atoms in total. The van der Waals surface area contributed by atoms with Gasteiger partial charge in [0.25, 0.3) is 0 Å². The largest absolute Gasteiger partial charge is 0.443 e. The van der Waals surface area contributed by atoms with Crippen LogP contribution >= 0.6 is 24.0 Å². The van der Waals surface area contributed by atoms with E-state index in [1.54, 1.807) is 7.05 Å². The summed E-state index contributed by atoms with van der Waals surface area (Å²) in [4.78, 5) is 11.3. The Kier molecular flexibility index (Phi) is 10.8. The third-order valence-electron chi connectivity index (χ3n) is 5.06. The lowest BCUT2D eigenvalue weighted by molar-refractivity contribution is 0.139. The molecule has 0 radical (unpaired) electrons. The van der Waals surface area contributed by atoms with Crippen molar-refractivity contribution in [2.45, 2.75) is 65.8 Å². The Morgan fingerprint density at radius 1 is 1.21 bits per heavy atom. The smallest absolute Gasteiger partial charge is 0.213 e.